The van der Waals surface area contributed by atoms with Crippen molar-refractivity contribution in [1.29, 1.82) is 0 Å². The SMILES string of the molecule is Cc1nc(-c2ccc(S(=O)(=O)NC3CCC(O)CC3)cc2)co1. The molecule has 6 nitrogen and oxygen atoms in total. The van der Waals surface area contributed by atoms with E-state index in [0.29, 0.717) is 37.3 Å². The third kappa shape index (κ3) is 3.80. The molecule has 1 heterocycles. The van der Waals surface area contributed by atoms with Gasteiger partial charge < -0.3 is 9.52 Å². The van der Waals surface area contributed by atoms with E-state index < -0.39 is 10.0 Å². The zero-order valence-corrected chi connectivity index (χ0v) is 13.7. The van der Waals surface area contributed by atoms with E-state index in [2.05, 4.69) is 9.71 Å². The second kappa shape index (κ2) is 6.43. The van der Waals surface area contributed by atoms with Crippen LogP contribution < -0.4 is 4.72 Å². The first-order valence-electron chi connectivity index (χ1n) is 7.67. The molecule has 1 fully saturated rings. The van der Waals surface area contributed by atoms with Gasteiger partial charge in [-0.25, -0.2) is 18.1 Å². The van der Waals surface area contributed by atoms with E-state index in [-0.39, 0.29) is 17.0 Å². The van der Waals surface area contributed by atoms with Crippen molar-refractivity contribution >= 4 is 10.0 Å². The maximum atomic E-state index is 12.4. The fraction of sp³-hybridized carbons (Fsp3) is 0.438. The fourth-order valence-corrected chi connectivity index (χ4v) is 4.09. The molecule has 7 heteroatoms. The van der Waals surface area contributed by atoms with Gasteiger partial charge in [0.15, 0.2) is 5.89 Å². The average molecular weight is 336 g/mol. The molecule has 0 atom stereocenters. The molecule has 23 heavy (non-hydrogen) atoms. The number of nitrogens with one attached hydrogen (secondary N) is 1. The Morgan fingerprint density at radius 1 is 1.17 bits per heavy atom. The molecule has 1 aliphatic carbocycles. The van der Waals surface area contributed by atoms with Crippen LogP contribution in [0.1, 0.15) is 31.6 Å². The highest BCUT2D eigenvalue weighted by atomic mass is 32.2. The third-order valence-corrected chi connectivity index (χ3v) is 5.63. The van der Waals surface area contributed by atoms with Crippen LogP contribution >= 0.6 is 0 Å². The number of aromatic nitrogens is 1. The van der Waals surface area contributed by atoms with Gasteiger partial charge in [0.25, 0.3) is 0 Å². The quantitative estimate of drug-likeness (QED) is 0.893. The predicted molar refractivity (Wildman–Crippen MR) is 85.3 cm³/mol. The Labute approximate surface area is 135 Å². The van der Waals surface area contributed by atoms with E-state index in [4.69, 9.17) is 4.42 Å². The minimum absolute atomic E-state index is 0.110. The molecule has 0 spiro atoms. The van der Waals surface area contributed by atoms with Crippen molar-refractivity contribution in [2.75, 3.05) is 0 Å². The Bertz CT molecular complexity index is 760. The van der Waals surface area contributed by atoms with Crippen LogP contribution in [0.2, 0.25) is 0 Å². The summed E-state index contributed by atoms with van der Waals surface area (Å²) in [6.07, 6.45) is 3.84. The van der Waals surface area contributed by atoms with Gasteiger partial charge in [-0.15, -0.1) is 0 Å². The molecule has 0 amide bonds. The van der Waals surface area contributed by atoms with E-state index in [1.807, 2.05) is 0 Å². The van der Waals surface area contributed by atoms with Crippen LogP contribution in [0.5, 0.6) is 0 Å². The summed E-state index contributed by atoms with van der Waals surface area (Å²) in [4.78, 5) is 4.45. The van der Waals surface area contributed by atoms with Crippen molar-refractivity contribution in [3.8, 4) is 11.3 Å². The second-order valence-electron chi connectivity index (χ2n) is 5.90. The summed E-state index contributed by atoms with van der Waals surface area (Å²) in [5.41, 5.74) is 1.49. The summed E-state index contributed by atoms with van der Waals surface area (Å²) in [6.45, 7) is 1.76. The van der Waals surface area contributed by atoms with Crippen LogP contribution in [0.25, 0.3) is 11.3 Å². The van der Waals surface area contributed by atoms with Gasteiger partial charge in [-0.2, -0.15) is 0 Å². The summed E-state index contributed by atoms with van der Waals surface area (Å²) in [7, 11) is -3.55. The first-order chi connectivity index (χ1) is 10.9. The molecule has 1 aromatic carbocycles. The summed E-state index contributed by atoms with van der Waals surface area (Å²) in [6, 6.07) is 6.47. The average Bonchev–Trinajstić information content (AvgIpc) is 2.96. The smallest absolute Gasteiger partial charge is 0.240 e. The topological polar surface area (TPSA) is 92.4 Å². The number of nitrogens with zero attached hydrogens (tertiary/aromatic N) is 1. The van der Waals surface area contributed by atoms with Crippen LogP contribution in [0.4, 0.5) is 0 Å². The van der Waals surface area contributed by atoms with E-state index >= 15 is 0 Å². The Hall–Kier alpha value is -1.70. The van der Waals surface area contributed by atoms with Gasteiger partial charge in [-0.3, -0.25) is 0 Å². The van der Waals surface area contributed by atoms with Gasteiger partial charge in [0, 0.05) is 18.5 Å². The molecule has 2 aromatic rings. The lowest BCUT2D eigenvalue weighted by molar-refractivity contribution is 0.120. The van der Waals surface area contributed by atoms with Crippen molar-refractivity contribution in [2.45, 2.75) is 49.6 Å². The highest BCUT2D eigenvalue weighted by Gasteiger charge is 2.24. The molecular weight excluding hydrogens is 316 g/mol. The first kappa shape index (κ1) is 16.2. The van der Waals surface area contributed by atoms with Crippen LogP contribution in [-0.4, -0.2) is 30.7 Å². The Morgan fingerprint density at radius 3 is 2.39 bits per heavy atom. The van der Waals surface area contributed by atoms with Crippen LogP contribution in [0, 0.1) is 6.92 Å². The molecule has 0 aliphatic heterocycles. The molecule has 1 aliphatic rings. The van der Waals surface area contributed by atoms with Gasteiger partial charge in [-0.1, -0.05) is 12.1 Å². The van der Waals surface area contributed by atoms with Crippen molar-refractivity contribution in [3.63, 3.8) is 0 Å². The van der Waals surface area contributed by atoms with E-state index in [0.717, 1.165) is 5.56 Å². The van der Waals surface area contributed by atoms with Crippen molar-refractivity contribution in [2.24, 2.45) is 0 Å². The molecule has 3 rings (SSSR count). The van der Waals surface area contributed by atoms with Gasteiger partial charge in [0.05, 0.1) is 11.0 Å². The summed E-state index contributed by atoms with van der Waals surface area (Å²) < 4.78 is 32.7. The van der Waals surface area contributed by atoms with Crippen molar-refractivity contribution in [3.05, 3.63) is 36.4 Å². The van der Waals surface area contributed by atoms with E-state index in [1.165, 1.54) is 0 Å². The van der Waals surface area contributed by atoms with Gasteiger partial charge >= 0.3 is 0 Å². The number of hydrogen-bond donors (Lipinski definition) is 2. The lowest BCUT2D eigenvalue weighted by atomic mass is 9.94. The summed E-state index contributed by atoms with van der Waals surface area (Å²) in [5, 5.41) is 9.49. The summed E-state index contributed by atoms with van der Waals surface area (Å²) >= 11 is 0. The number of benzene rings is 1. The number of aliphatic hydroxyl groups is 1. The zero-order valence-electron chi connectivity index (χ0n) is 12.9. The molecule has 0 unspecified atom stereocenters. The van der Waals surface area contributed by atoms with Crippen molar-refractivity contribution < 1.29 is 17.9 Å². The number of oxazole rings is 1. The number of sulfonamides is 1. The Morgan fingerprint density at radius 2 is 1.83 bits per heavy atom. The second-order valence-corrected chi connectivity index (χ2v) is 7.62. The van der Waals surface area contributed by atoms with Crippen LogP contribution in [-0.2, 0) is 10.0 Å². The van der Waals surface area contributed by atoms with Gasteiger partial charge in [0.1, 0.15) is 12.0 Å². The molecule has 0 radical (unpaired) electrons. The maximum Gasteiger partial charge on any atom is 0.240 e. The predicted octanol–water partition coefficient (Wildman–Crippen LogP) is 2.23. The van der Waals surface area contributed by atoms with Gasteiger partial charge in [-0.05, 0) is 37.8 Å². The molecule has 124 valence electrons. The standard InChI is InChI=1S/C16H20N2O4S/c1-11-17-16(10-22-11)12-2-8-15(9-3-12)23(20,21)18-13-4-6-14(19)7-5-13/h2-3,8-10,13-14,18-19H,4-7H2,1H3. The molecule has 1 saturated carbocycles. The Balaban J connectivity index is 1.72. The van der Waals surface area contributed by atoms with E-state index in [9.17, 15) is 13.5 Å². The number of rotatable bonds is 4. The molecule has 0 saturated heterocycles. The normalized spacial score (nSPS) is 22.2. The lowest BCUT2D eigenvalue weighted by Gasteiger charge is -2.25. The minimum atomic E-state index is -3.55. The number of hydrogen-bond acceptors (Lipinski definition) is 5. The monoisotopic (exact) mass is 336 g/mol. The summed E-state index contributed by atoms with van der Waals surface area (Å²) in [5.74, 6) is 0.567. The largest absolute Gasteiger partial charge is 0.449 e. The molecular formula is C16H20N2O4S. The first-order valence-corrected chi connectivity index (χ1v) is 9.15. The number of aliphatic hydroxyl groups excluding tert-OH is 1. The van der Waals surface area contributed by atoms with E-state index in [1.54, 1.807) is 37.5 Å². The van der Waals surface area contributed by atoms with Crippen LogP contribution in [0.15, 0.2) is 39.8 Å². The number of aryl methyl sites for hydroxylation is 1. The minimum Gasteiger partial charge on any atom is -0.449 e. The van der Waals surface area contributed by atoms with Crippen LogP contribution in [0.3, 0.4) is 0 Å². The fourth-order valence-electron chi connectivity index (χ4n) is 2.78. The zero-order chi connectivity index (χ0) is 16.4. The molecule has 0 bridgehead atoms. The van der Waals surface area contributed by atoms with Crippen molar-refractivity contribution in [1.82, 2.24) is 9.71 Å². The molecule has 1 aromatic heterocycles. The third-order valence-electron chi connectivity index (χ3n) is 4.10. The van der Waals surface area contributed by atoms with Gasteiger partial charge in [0.2, 0.25) is 10.0 Å². The Kier molecular flexibility index (Phi) is 4.52. The maximum absolute atomic E-state index is 12.4. The lowest BCUT2D eigenvalue weighted by Crippen LogP contribution is -2.38. The highest BCUT2D eigenvalue weighted by molar-refractivity contribution is 7.89. The molecule has 2 N–H and O–H groups in total. The highest BCUT2D eigenvalue weighted by Crippen LogP contribution is 2.23.